The molecule has 5 rings (SSSR count). The predicted octanol–water partition coefficient (Wildman–Crippen LogP) is 4.91. The summed E-state index contributed by atoms with van der Waals surface area (Å²) in [4.78, 5) is 23.4. The maximum atomic E-state index is 14.0. The Morgan fingerprint density at radius 2 is 2.00 bits per heavy atom. The van der Waals surface area contributed by atoms with Crippen LogP contribution < -0.4 is 0 Å². The molecule has 1 aromatic carbocycles. The van der Waals surface area contributed by atoms with E-state index < -0.39 is 5.82 Å². The minimum absolute atomic E-state index is 0.0194. The van der Waals surface area contributed by atoms with E-state index in [0.717, 1.165) is 43.4 Å². The maximum Gasteiger partial charge on any atom is 0.249 e. The van der Waals surface area contributed by atoms with E-state index in [1.165, 1.54) is 22.8 Å². The van der Waals surface area contributed by atoms with Crippen molar-refractivity contribution in [3.05, 3.63) is 70.9 Å². The summed E-state index contributed by atoms with van der Waals surface area (Å²) >= 11 is 0. The lowest BCUT2D eigenvalue weighted by Crippen LogP contribution is -2.36. The number of fused-ring (bicyclic) bond motifs is 1. The monoisotopic (exact) mass is 446 g/mol. The number of aromatic nitrogens is 2. The number of hydroxylamine groups is 2. The molecule has 1 saturated carbocycles. The van der Waals surface area contributed by atoms with Gasteiger partial charge in [-0.2, -0.15) is 5.26 Å². The van der Waals surface area contributed by atoms with Gasteiger partial charge in [-0.25, -0.2) is 14.4 Å². The Balaban J connectivity index is 1.21. The number of hydrogen-bond acceptors (Lipinski definition) is 4. The fourth-order valence-corrected chi connectivity index (χ4v) is 5.27. The number of rotatable bonds is 4. The Bertz CT molecular complexity index is 1220. The molecule has 1 atom stereocenters. The fraction of sp³-hybridized carbons (Fsp3) is 0.423. The van der Waals surface area contributed by atoms with Crippen LogP contribution in [0.2, 0.25) is 0 Å². The van der Waals surface area contributed by atoms with Crippen molar-refractivity contribution in [1.82, 2.24) is 14.4 Å². The molecular formula is C26H27FN4O2. The maximum absolute atomic E-state index is 14.0. The summed E-state index contributed by atoms with van der Waals surface area (Å²) in [6.07, 6.45) is 9.44. The molecule has 0 unspecified atom stereocenters. The molecule has 3 aromatic rings. The van der Waals surface area contributed by atoms with E-state index in [0.29, 0.717) is 24.5 Å². The van der Waals surface area contributed by atoms with Gasteiger partial charge in [-0.3, -0.25) is 9.63 Å². The lowest BCUT2D eigenvalue weighted by molar-refractivity contribution is -0.183. The number of nitrogens with zero attached hydrogens (tertiary/aromatic N) is 4. The number of hydrogen-bond donors (Lipinski definition) is 0. The summed E-state index contributed by atoms with van der Waals surface area (Å²) < 4.78 is 16.0. The smallest absolute Gasteiger partial charge is 0.249 e. The van der Waals surface area contributed by atoms with Gasteiger partial charge in [0.25, 0.3) is 0 Å². The average Bonchev–Trinajstić information content (AvgIpc) is 3.44. The third-order valence-corrected chi connectivity index (χ3v) is 6.91. The minimum atomic E-state index is -0.465. The molecule has 2 fully saturated rings. The Labute approximate surface area is 192 Å². The summed E-state index contributed by atoms with van der Waals surface area (Å²) in [5.41, 5.74) is 4.14. The molecule has 170 valence electrons. The highest BCUT2D eigenvalue weighted by molar-refractivity contribution is 5.78. The van der Waals surface area contributed by atoms with E-state index in [4.69, 9.17) is 10.1 Å². The molecule has 1 aliphatic heterocycles. The van der Waals surface area contributed by atoms with Gasteiger partial charge in [-0.05, 0) is 80.3 Å². The van der Waals surface area contributed by atoms with E-state index >= 15 is 0 Å². The first-order chi connectivity index (χ1) is 16.0. The highest BCUT2D eigenvalue weighted by Crippen LogP contribution is 2.37. The van der Waals surface area contributed by atoms with Gasteiger partial charge in [0.15, 0.2) is 0 Å². The Morgan fingerprint density at radius 3 is 2.79 bits per heavy atom. The summed E-state index contributed by atoms with van der Waals surface area (Å²) in [6, 6.07) is 10.1. The normalized spacial score (nSPS) is 23.1. The van der Waals surface area contributed by atoms with Crippen LogP contribution in [0.1, 0.15) is 60.5 Å². The number of halogens is 1. The van der Waals surface area contributed by atoms with Crippen molar-refractivity contribution in [1.29, 1.82) is 5.26 Å². The summed E-state index contributed by atoms with van der Waals surface area (Å²) in [5, 5.41) is 10.6. The van der Waals surface area contributed by atoms with Crippen LogP contribution in [0, 0.1) is 35.9 Å². The molecule has 0 spiro atoms. The third kappa shape index (κ3) is 4.49. The van der Waals surface area contributed by atoms with Crippen LogP contribution in [0.15, 0.2) is 42.7 Å². The van der Waals surface area contributed by atoms with Gasteiger partial charge in [0.2, 0.25) is 5.91 Å². The van der Waals surface area contributed by atoms with E-state index in [1.807, 2.05) is 19.2 Å². The number of nitriles is 1. The van der Waals surface area contributed by atoms with Crippen molar-refractivity contribution < 1.29 is 14.0 Å². The van der Waals surface area contributed by atoms with E-state index in [2.05, 4.69) is 27.7 Å². The second kappa shape index (κ2) is 8.95. The standard InChI is InChI=1S/C26H27FN4O2/c1-17-15-30-16-19(4-7-25(30)29-17)10-18-2-5-21(6-3-18)26(32)31-24(8-9-33-31)22-11-20(14-28)12-23(27)13-22/h4,7,11-13,15-16,18,21,24H,2-3,5-6,8-10H2,1H3/t18?,21?,24-/m0/s1. The topological polar surface area (TPSA) is 70.6 Å². The summed E-state index contributed by atoms with van der Waals surface area (Å²) in [6.45, 7) is 2.41. The lowest BCUT2D eigenvalue weighted by atomic mass is 9.79. The predicted molar refractivity (Wildman–Crippen MR) is 120 cm³/mol. The number of carbonyl (C=O) groups is 1. The zero-order valence-corrected chi connectivity index (χ0v) is 18.7. The largest absolute Gasteiger partial charge is 0.307 e. The van der Waals surface area contributed by atoms with Crippen LogP contribution >= 0.6 is 0 Å². The Morgan fingerprint density at radius 1 is 1.18 bits per heavy atom. The number of amides is 1. The van der Waals surface area contributed by atoms with E-state index in [1.54, 1.807) is 6.07 Å². The van der Waals surface area contributed by atoms with Crippen LogP contribution in [0.4, 0.5) is 4.39 Å². The second-order valence-electron chi connectivity index (χ2n) is 9.29. The summed E-state index contributed by atoms with van der Waals surface area (Å²) in [5.74, 6) is -0.0145. The zero-order valence-electron chi connectivity index (χ0n) is 18.7. The zero-order chi connectivity index (χ0) is 22.9. The van der Waals surface area contributed by atoms with Gasteiger partial charge in [-0.15, -0.1) is 0 Å². The molecule has 2 aliphatic rings. The summed E-state index contributed by atoms with van der Waals surface area (Å²) in [7, 11) is 0. The number of carbonyl (C=O) groups excluding carboxylic acids is 1. The first kappa shape index (κ1) is 21.6. The van der Waals surface area contributed by atoms with E-state index in [-0.39, 0.29) is 23.4 Å². The van der Waals surface area contributed by atoms with Gasteiger partial charge in [0.1, 0.15) is 11.5 Å². The van der Waals surface area contributed by atoms with Crippen molar-refractivity contribution in [3.63, 3.8) is 0 Å². The second-order valence-corrected chi connectivity index (χ2v) is 9.29. The Kier molecular flexibility index (Phi) is 5.86. The van der Waals surface area contributed by atoms with E-state index in [9.17, 15) is 9.18 Å². The van der Waals surface area contributed by atoms with Crippen LogP contribution in [0.3, 0.4) is 0 Å². The van der Waals surface area contributed by atoms with Crippen molar-refractivity contribution in [2.24, 2.45) is 11.8 Å². The Hall–Kier alpha value is -3.24. The fourth-order valence-electron chi connectivity index (χ4n) is 5.27. The van der Waals surface area contributed by atoms with Crippen molar-refractivity contribution in [3.8, 4) is 6.07 Å². The SMILES string of the molecule is Cc1cn2cc(CC3CCC(C(=O)N4OCC[C@H]4c4cc(F)cc(C#N)c4)CC3)ccc2n1. The molecule has 1 saturated heterocycles. The molecule has 0 bridgehead atoms. The molecule has 0 radical (unpaired) electrons. The van der Waals surface area contributed by atoms with Crippen LogP contribution in [0.25, 0.3) is 5.65 Å². The van der Waals surface area contributed by atoms with Crippen LogP contribution in [-0.4, -0.2) is 27.0 Å². The first-order valence-corrected chi connectivity index (χ1v) is 11.6. The minimum Gasteiger partial charge on any atom is -0.307 e. The van der Waals surface area contributed by atoms with Gasteiger partial charge in [0.05, 0.1) is 30.0 Å². The number of benzene rings is 1. The molecule has 1 amide bonds. The van der Waals surface area contributed by atoms with Crippen molar-refractivity contribution >= 4 is 11.6 Å². The van der Waals surface area contributed by atoms with Crippen molar-refractivity contribution in [2.75, 3.05) is 6.61 Å². The molecule has 3 heterocycles. The molecule has 2 aromatic heterocycles. The molecule has 6 nitrogen and oxygen atoms in total. The van der Waals surface area contributed by atoms with Gasteiger partial charge in [0, 0.05) is 24.7 Å². The molecule has 7 heteroatoms. The molecule has 1 aliphatic carbocycles. The lowest BCUT2D eigenvalue weighted by Gasteiger charge is -2.32. The molecule has 33 heavy (non-hydrogen) atoms. The average molecular weight is 447 g/mol. The highest BCUT2D eigenvalue weighted by atomic mass is 19.1. The first-order valence-electron chi connectivity index (χ1n) is 11.6. The highest BCUT2D eigenvalue weighted by Gasteiger charge is 2.37. The quantitative estimate of drug-likeness (QED) is 0.571. The van der Waals surface area contributed by atoms with Crippen LogP contribution in [0.5, 0.6) is 0 Å². The van der Waals surface area contributed by atoms with Gasteiger partial charge < -0.3 is 4.40 Å². The van der Waals surface area contributed by atoms with Gasteiger partial charge >= 0.3 is 0 Å². The molecule has 0 N–H and O–H groups in total. The van der Waals surface area contributed by atoms with Gasteiger partial charge in [-0.1, -0.05) is 6.07 Å². The number of aryl methyl sites for hydroxylation is 1. The number of pyridine rings is 1. The molecular weight excluding hydrogens is 419 g/mol. The van der Waals surface area contributed by atoms with Crippen LogP contribution in [-0.2, 0) is 16.1 Å². The third-order valence-electron chi connectivity index (χ3n) is 6.91. The van der Waals surface area contributed by atoms with Crippen molar-refractivity contribution in [2.45, 2.75) is 51.5 Å². The number of imidazole rings is 1.